The van der Waals surface area contributed by atoms with E-state index in [0.29, 0.717) is 6.42 Å². The molecule has 0 amide bonds. The summed E-state index contributed by atoms with van der Waals surface area (Å²) in [6, 6.07) is 11.6. The van der Waals surface area contributed by atoms with Crippen LogP contribution in [0.3, 0.4) is 0 Å². The van der Waals surface area contributed by atoms with Crippen molar-refractivity contribution in [1.82, 2.24) is 4.98 Å². The fourth-order valence-corrected chi connectivity index (χ4v) is 2.59. The summed E-state index contributed by atoms with van der Waals surface area (Å²) in [5, 5.41) is 19.5. The first kappa shape index (κ1) is 14.2. The first-order chi connectivity index (χ1) is 9.20. The van der Waals surface area contributed by atoms with Crippen molar-refractivity contribution >= 4 is 15.9 Å². The average Bonchev–Trinajstić information content (AvgIpc) is 2.46. The molecule has 0 radical (unpaired) electrons. The van der Waals surface area contributed by atoms with Crippen LogP contribution in [-0.2, 0) is 11.8 Å². The summed E-state index contributed by atoms with van der Waals surface area (Å²) in [5.74, 6) is 0. The number of benzene rings is 1. The molecule has 1 aromatic carbocycles. The van der Waals surface area contributed by atoms with Crippen LogP contribution in [0.5, 0.6) is 0 Å². The summed E-state index contributed by atoms with van der Waals surface area (Å²) >= 11 is 3.38. The number of aromatic nitrogens is 1. The Hall–Kier alpha value is -1.23. The van der Waals surface area contributed by atoms with Gasteiger partial charge >= 0.3 is 0 Å². The van der Waals surface area contributed by atoms with Crippen molar-refractivity contribution in [2.45, 2.75) is 11.8 Å². The first-order valence-corrected chi connectivity index (χ1v) is 6.86. The summed E-state index contributed by atoms with van der Waals surface area (Å²) in [7, 11) is 0. The highest BCUT2D eigenvalue weighted by Crippen LogP contribution is 2.28. The van der Waals surface area contributed by atoms with Crippen LogP contribution >= 0.6 is 15.9 Å². The molecule has 1 aromatic heterocycles. The van der Waals surface area contributed by atoms with Gasteiger partial charge in [-0.1, -0.05) is 30.3 Å². The molecule has 0 aliphatic carbocycles. The lowest BCUT2D eigenvalue weighted by molar-refractivity contribution is 0.116. The SMILES string of the molecule is OCC(CO)(Cc1cncc(Br)c1)c1ccccc1. The van der Waals surface area contributed by atoms with Crippen LogP contribution in [0.1, 0.15) is 11.1 Å². The Kier molecular flexibility index (Phi) is 4.69. The normalized spacial score (nSPS) is 11.5. The Morgan fingerprint density at radius 1 is 1.05 bits per heavy atom. The fourth-order valence-electron chi connectivity index (χ4n) is 2.18. The molecule has 0 spiro atoms. The van der Waals surface area contributed by atoms with Gasteiger partial charge in [0.2, 0.25) is 0 Å². The zero-order valence-corrected chi connectivity index (χ0v) is 12.0. The van der Waals surface area contributed by atoms with Gasteiger partial charge in [0.1, 0.15) is 0 Å². The van der Waals surface area contributed by atoms with Gasteiger partial charge in [0.05, 0.1) is 13.2 Å². The molecule has 1 heterocycles. The van der Waals surface area contributed by atoms with E-state index in [4.69, 9.17) is 0 Å². The third-order valence-corrected chi connectivity index (χ3v) is 3.73. The van der Waals surface area contributed by atoms with Gasteiger partial charge in [0.25, 0.3) is 0 Å². The van der Waals surface area contributed by atoms with Gasteiger partial charge in [-0.2, -0.15) is 0 Å². The smallest absolute Gasteiger partial charge is 0.0553 e. The predicted molar refractivity (Wildman–Crippen MR) is 77.9 cm³/mol. The molecule has 0 fully saturated rings. The van der Waals surface area contributed by atoms with E-state index in [2.05, 4.69) is 20.9 Å². The third kappa shape index (κ3) is 3.21. The zero-order valence-electron chi connectivity index (χ0n) is 10.5. The van der Waals surface area contributed by atoms with E-state index in [1.54, 1.807) is 12.4 Å². The summed E-state index contributed by atoms with van der Waals surface area (Å²) in [5.41, 5.74) is 1.23. The quantitative estimate of drug-likeness (QED) is 0.888. The lowest BCUT2D eigenvalue weighted by atomic mass is 9.77. The standard InChI is InChI=1S/C15H16BrNO2/c16-14-6-12(8-17-9-14)7-15(10-18,11-19)13-4-2-1-3-5-13/h1-6,8-9,18-19H,7,10-11H2. The first-order valence-electron chi connectivity index (χ1n) is 6.07. The molecule has 0 saturated carbocycles. The van der Waals surface area contributed by atoms with E-state index in [1.807, 2.05) is 36.4 Å². The number of halogens is 1. The average molecular weight is 322 g/mol. The number of nitrogens with zero attached hydrogens (tertiary/aromatic N) is 1. The van der Waals surface area contributed by atoms with Gasteiger partial charge in [-0.3, -0.25) is 4.98 Å². The Balaban J connectivity index is 2.35. The van der Waals surface area contributed by atoms with Gasteiger partial charge < -0.3 is 10.2 Å². The molecule has 0 saturated heterocycles. The summed E-state index contributed by atoms with van der Waals surface area (Å²) < 4.78 is 0.892. The second kappa shape index (κ2) is 6.28. The summed E-state index contributed by atoms with van der Waals surface area (Å²) in [4.78, 5) is 4.12. The molecular formula is C15H16BrNO2. The Morgan fingerprint density at radius 2 is 1.74 bits per heavy atom. The largest absolute Gasteiger partial charge is 0.395 e. The van der Waals surface area contributed by atoms with Crippen LogP contribution in [0.25, 0.3) is 0 Å². The van der Waals surface area contributed by atoms with E-state index < -0.39 is 5.41 Å². The Bertz CT molecular complexity index is 527. The second-order valence-corrected chi connectivity index (χ2v) is 5.57. The minimum Gasteiger partial charge on any atom is -0.395 e. The van der Waals surface area contributed by atoms with Crippen molar-refractivity contribution < 1.29 is 10.2 Å². The molecule has 4 heteroatoms. The maximum Gasteiger partial charge on any atom is 0.0553 e. The van der Waals surface area contributed by atoms with E-state index in [-0.39, 0.29) is 13.2 Å². The molecule has 2 N–H and O–H groups in total. The molecule has 0 aliphatic rings. The lowest BCUT2D eigenvalue weighted by Crippen LogP contribution is -2.37. The van der Waals surface area contributed by atoms with Crippen molar-refractivity contribution in [2.75, 3.05) is 13.2 Å². The predicted octanol–water partition coefficient (Wildman–Crippen LogP) is 2.31. The van der Waals surface area contributed by atoms with Crippen molar-refractivity contribution in [3.63, 3.8) is 0 Å². The Morgan fingerprint density at radius 3 is 2.32 bits per heavy atom. The van der Waals surface area contributed by atoms with Crippen LogP contribution in [0.4, 0.5) is 0 Å². The number of aliphatic hydroxyl groups is 2. The molecule has 3 nitrogen and oxygen atoms in total. The summed E-state index contributed by atoms with van der Waals surface area (Å²) in [6.07, 6.45) is 4.01. The van der Waals surface area contributed by atoms with Gasteiger partial charge in [0, 0.05) is 22.3 Å². The maximum atomic E-state index is 9.77. The fraction of sp³-hybridized carbons (Fsp3) is 0.267. The molecule has 0 aliphatic heterocycles. The van der Waals surface area contributed by atoms with Gasteiger partial charge in [-0.15, -0.1) is 0 Å². The molecule has 19 heavy (non-hydrogen) atoms. The van der Waals surface area contributed by atoms with Crippen LogP contribution in [-0.4, -0.2) is 28.4 Å². The lowest BCUT2D eigenvalue weighted by Gasteiger charge is -2.30. The van der Waals surface area contributed by atoms with Gasteiger partial charge in [-0.25, -0.2) is 0 Å². The molecule has 2 aromatic rings. The molecule has 0 bridgehead atoms. The van der Waals surface area contributed by atoms with Gasteiger partial charge in [-0.05, 0) is 39.5 Å². The number of pyridine rings is 1. The highest BCUT2D eigenvalue weighted by Gasteiger charge is 2.31. The Labute approximate surface area is 121 Å². The number of hydrogen-bond acceptors (Lipinski definition) is 3. The highest BCUT2D eigenvalue weighted by molar-refractivity contribution is 9.10. The van der Waals surface area contributed by atoms with Crippen LogP contribution in [0, 0.1) is 0 Å². The van der Waals surface area contributed by atoms with Crippen LogP contribution < -0.4 is 0 Å². The van der Waals surface area contributed by atoms with Crippen LogP contribution in [0.2, 0.25) is 0 Å². The molecular weight excluding hydrogens is 306 g/mol. The number of rotatable bonds is 5. The topological polar surface area (TPSA) is 53.4 Å². The summed E-state index contributed by atoms with van der Waals surface area (Å²) in [6.45, 7) is -0.222. The second-order valence-electron chi connectivity index (χ2n) is 4.65. The minimum atomic E-state index is -0.677. The van der Waals surface area contributed by atoms with E-state index in [1.165, 1.54) is 0 Å². The minimum absolute atomic E-state index is 0.111. The molecule has 0 unspecified atom stereocenters. The number of hydrogen-bond donors (Lipinski definition) is 2. The van der Waals surface area contributed by atoms with E-state index in [0.717, 1.165) is 15.6 Å². The molecule has 100 valence electrons. The zero-order chi connectivity index (χ0) is 13.7. The molecule has 2 rings (SSSR count). The van der Waals surface area contributed by atoms with E-state index in [9.17, 15) is 10.2 Å². The van der Waals surface area contributed by atoms with Crippen molar-refractivity contribution in [2.24, 2.45) is 0 Å². The van der Waals surface area contributed by atoms with Gasteiger partial charge in [0.15, 0.2) is 0 Å². The number of aliphatic hydroxyl groups excluding tert-OH is 2. The maximum absolute atomic E-state index is 9.77. The highest BCUT2D eigenvalue weighted by atomic mass is 79.9. The van der Waals surface area contributed by atoms with Crippen LogP contribution in [0.15, 0.2) is 53.3 Å². The van der Waals surface area contributed by atoms with Crippen molar-refractivity contribution in [3.8, 4) is 0 Å². The van der Waals surface area contributed by atoms with E-state index >= 15 is 0 Å². The van der Waals surface area contributed by atoms with Crippen molar-refractivity contribution in [1.29, 1.82) is 0 Å². The molecule has 0 atom stereocenters. The van der Waals surface area contributed by atoms with Crippen molar-refractivity contribution in [3.05, 3.63) is 64.4 Å². The third-order valence-electron chi connectivity index (χ3n) is 3.30. The monoisotopic (exact) mass is 321 g/mol.